The van der Waals surface area contributed by atoms with Gasteiger partial charge >= 0.3 is 0 Å². The van der Waals surface area contributed by atoms with Crippen molar-refractivity contribution >= 4 is 5.95 Å². The van der Waals surface area contributed by atoms with Crippen LogP contribution in [0.5, 0.6) is 5.88 Å². The van der Waals surface area contributed by atoms with Crippen LogP contribution in [0.3, 0.4) is 0 Å². The highest BCUT2D eigenvalue weighted by Crippen LogP contribution is 2.43. The Kier molecular flexibility index (Phi) is 1.28. The first-order valence-corrected chi connectivity index (χ1v) is 4.63. The minimum Gasteiger partial charge on any atom is -0.477 e. The zero-order chi connectivity index (χ0) is 8.84. The molecule has 2 aliphatic rings. The topological polar surface area (TPSA) is 61.0 Å². The first kappa shape index (κ1) is 7.12. The van der Waals surface area contributed by atoms with E-state index in [1.54, 1.807) is 0 Å². The maximum Gasteiger partial charge on any atom is 0.223 e. The van der Waals surface area contributed by atoms with Gasteiger partial charge in [-0.2, -0.15) is 4.98 Å². The summed E-state index contributed by atoms with van der Waals surface area (Å²) in [7, 11) is 0. The van der Waals surface area contributed by atoms with Crippen molar-refractivity contribution in [2.75, 3.05) is 12.3 Å². The van der Waals surface area contributed by atoms with E-state index in [4.69, 9.17) is 10.5 Å². The molecule has 2 N–H and O–H groups in total. The van der Waals surface area contributed by atoms with E-state index in [1.165, 1.54) is 18.4 Å². The van der Waals surface area contributed by atoms with Crippen LogP contribution in [0.15, 0.2) is 0 Å². The molecule has 0 unspecified atom stereocenters. The van der Waals surface area contributed by atoms with Crippen molar-refractivity contribution in [2.45, 2.75) is 25.2 Å². The average Bonchev–Trinajstić information content (AvgIpc) is 2.84. The largest absolute Gasteiger partial charge is 0.477 e. The lowest BCUT2D eigenvalue weighted by molar-refractivity contribution is 0.345. The van der Waals surface area contributed by atoms with E-state index in [1.807, 2.05) is 0 Å². The summed E-state index contributed by atoms with van der Waals surface area (Å²) < 4.78 is 5.37. The van der Waals surface area contributed by atoms with E-state index in [0.717, 1.165) is 24.6 Å². The summed E-state index contributed by atoms with van der Waals surface area (Å²) in [5.41, 5.74) is 7.93. The van der Waals surface area contributed by atoms with E-state index in [-0.39, 0.29) is 0 Å². The molecule has 1 aliphatic carbocycles. The van der Waals surface area contributed by atoms with Gasteiger partial charge in [0.05, 0.1) is 12.3 Å². The second-order valence-electron chi connectivity index (χ2n) is 3.62. The predicted molar refractivity (Wildman–Crippen MR) is 47.6 cm³/mol. The molecule has 0 bridgehead atoms. The Morgan fingerprint density at radius 1 is 1.31 bits per heavy atom. The number of fused-ring (bicyclic) bond motifs is 1. The fourth-order valence-electron chi connectivity index (χ4n) is 1.80. The molecule has 0 amide bonds. The molecule has 1 aromatic heterocycles. The molecule has 68 valence electrons. The monoisotopic (exact) mass is 177 g/mol. The van der Waals surface area contributed by atoms with E-state index in [0.29, 0.717) is 11.9 Å². The van der Waals surface area contributed by atoms with Crippen LogP contribution in [-0.2, 0) is 6.42 Å². The van der Waals surface area contributed by atoms with Crippen molar-refractivity contribution in [1.82, 2.24) is 9.97 Å². The number of rotatable bonds is 1. The standard InChI is InChI=1S/C9H11N3O/c10-9-11-7(5-1-2-5)6-3-4-13-8(6)12-9/h5H,1-4H2,(H2,10,11,12). The summed E-state index contributed by atoms with van der Waals surface area (Å²) >= 11 is 0. The molecular weight excluding hydrogens is 166 g/mol. The maximum atomic E-state index is 5.60. The third kappa shape index (κ3) is 1.05. The molecule has 0 saturated heterocycles. The summed E-state index contributed by atoms with van der Waals surface area (Å²) in [5, 5.41) is 0. The van der Waals surface area contributed by atoms with Gasteiger partial charge in [0.1, 0.15) is 0 Å². The van der Waals surface area contributed by atoms with Crippen LogP contribution in [0.2, 0.25) is 0 Å². The Hall–Kier alpha value is -1.32. The van der Waals surface area contributed by atoms with Crippen LogP contribution in [0.25, 0.3) is 0 Å². The Labute approximate surface area is 76.1 Å². The molecule has 1 aromatic rings. The molecule has 1 aliphatic heterocycles. The summed E-state index contributed by atoms with van der Waals surface area (Å²) in [6.07, 6.45) is 3.42. The Morgan fingerprint density at radius 2 is 2.15 bits per heavy atom. The minimum absolute atomic E-state index is 0.350. The van der Waals surface area contributed by atoms with Crippen molar-refractivity contribution in [3.8, 4) is 5.88 Å². The third-order valence-electron chi connectivity index (χ3n) is 2.57. The quantitative estimate of drug-likeness (QED) is 0.691. The van der Waals surface area contributed by atoms with Gasteiger partial charge < -0.3 is 10.5 Å². The van der Waals surface area contributed by atoms with E-state index in [9.17, 15) is 0 Å². The Balaban J connectivity index is 2.16. The van der Waals surface area contributed by atoms with Gasteiger partial charge in [0, 0.05) is 17.9 Å². The number of ether oxygens (including phenoxy) is 1. The molecule has 4 nitrogen and oxygen atoms in total. The van der Waals surface area contributed by atoms with Crippen LogP contribution < -0.4 is 10.5 Å². The smallest absolute Gasteiger partial charge is 0.223 e. The van der Waals surface area contributed by atoms with Gasteiger partial charge in [-0.3, -0.25) is 0 Å². The molecule has 3 rings (SSSR count). The lowest BCUT2D eigenvalue weighted by Crippen LogP contribution is -2.01. The molecule has 0 spiro atoms. The number of nitrogens with two attached hydrogens (primary N) is 1. The molecule has 2 heterocycles. The number of anilines is 1. The second-order valence-corrected chi connectivity index (χ2v) is 3.62. The summed E-state index contributed by atoms with van der Waals surface area (Å²) in [6, 6.07) is 0. The lowest BCUT2D eigenvalue weighted by atomic mass is 10.1. The number of nitrogens with zero attached hydrogens (tertiary/aromatic N) is 2. The van der Waals surface area contributed by atoms with Crippen LogP contribution in [0.1, 0.15) is 30.0 Å². The first-order valence-electron chi connectivity index (χ1n) is 4.63. The maximum absolute atomic E-state index is 5.60. The van der Waals surface area contributed by atoms with Gasteiger partial charge in [0.25, 0.3) is 0 Å². The number of aromatic nitrogens is 2. The van der Waals surface area contributed by atoms with E-state index < -0.39 is 0 Å². The number of hydrogen-bond donors (Lipinski definition) is 1. The van der Waals surface area contributed by atoms with Crippen molar-refractivity contribution < 1.29 is 4.74 Å². The van der Waals surface area contributed by atoms with E-state index >= 15 is 0 Å². The normalized spacial score (nSPS) is 19.7. The van der Waals surface area contributed by atoms with Gasteiger partial charge in [0.15, 0.2) is 0 Å². The molecule has 1 saturated carbocycles. The minimum atomic E-state index is 0.350. The van der Waals surface area contributed by atoms with Crippen LogP contribution in [-0.4, -0.2) is 16.6 Å². The van der Waals surface area contributed by atoms with Crippen LogP contribution >= 0.6 is 0 Å². The fourth-order valence-corrected chi connectivity index (χ4v) is 1.80. The highest BCUT2D eigenvalue weighted by Gasteiger charge is 2.31. The van der Waals surface area contributed by atoms with Crippen molar-refractivity contribution in [3.63, 3.8) is 0 Å². The number of nitrogen functional groups attached to an aromatic ring is 1. The first-order chi connectivity index (χ1) is 6.34. The summed E-state index contributed by atoms with van der Waals surface area (Å²) in [5.74, 6) is 1.69. The number of hydrogen-bond acceptors (Lipinski definition) is 4. The predicted octanol–water partition coefficient (Wildman–Crippen LogP) is 0.871. The summed E-state index contributed by atoms with van der Waals surface area (Å²) in [4.78, 5) is 8.36. The molecule has 1 fully saturated rings. The van der Waals surface area contributed by atoms with Gasteiger partial charge in [-0.1, -0.05) is 0 Å². The third-order valence-corrected chi connectivity index (χ3v) is 2.57. The van der Waals surface area contributed by atoms with Gasteiger partial charge in [-0.25, -0.2) is 4.98 Å². The molecule has 4 heteroatoms. The molecular formula is C9H11N3O. The fraction of sp³-hybridized carbons (Fsp3) is 0.556. The molecule has 0 aromatic carbocycles. The van der Waals surface area contributed by atoms with Crippen molar-refractivity contribution in [1.29, 1.82) is 0 Å². The van der Waals surface area contributed by atoms with Gasteiger partial charge in [0.2, 0.25) is 11.8 Å². The zero-order valence-electron chi connectivity index (χ0n) is 7.29. The molecule has 0 radical (unpaired) electrons. The van der Waals surface area contributed by atoms with Crippen molar-refractivity contribution in [2.24, 2.45) is 0 Å². The second kappa shape index (κ2) is 2.34. The van der Waals surface area contributed by atoms with E-state index in [2.05, 4.69) is 9.97 Å². The summed E-state index contributed by atoms with van der Waals surface area (Å²) in [6.45, 7) is 0.729. The SMILES string of the molecule is Nc1nc2c(c(C3CC3)n1)CCO2. The van der Waals surface area contributed by atoms with Gasteiger partial charge in [-0.15, -0.1) is 0 Å². The average molecular weight is 177 g/mol. The Morgan fingerprint density at radius 3 is 2.92 bits per heavy atom. The molecule has 13 heavy (non-hydrogen) atoms. The van der Waals surface area contributed by atoms with Crippen LogP contribution in [0.4, 0.5) is 5.95 Å². The highest BCUT2D eigenvalue weighted by molar-refractivity contribution is 5.41. The van der Waals surface area contributed by atoms with Crippen LogP contribution in [0, 0.1) is 0 Å². The zero-order valence-corrected chi connectivity index (χ0v) is 7.29. The Bertz CT molecular complexity index is 360. The molecule has 0 atom stereocenters. The lowest BCUT2D eigenvalue weighted by Gasteiger charge is -2.04. The van der Waals surface area contributed by atoms with Gasteiger partial charge in [-0.05, 0) is 12.8 Å². The highest BCUT2D eigenvalue weighted by atomic mass is 16.5. The van der Waals surface area contributed by atoms with Crippen molar-refractivity contribution in [3.05, 3.63) is 11.3 Å².